The fourth-order valence-electron chi connectivity index (χ4n) is 1.47. The van der Waals surface area contributed by atoms with Gasteiger partial charge in [0.2, 0.25) is 0 Å². The lowest BCUT2D eigenvalue weighted by Crippen LogP contribution is -1.87. The first-order valence-corrected chi connectivity index (χ1v) is 5.16. The van der Waals surface area contributed by atoms with Crippen molar-refractivity contribution in [3.8, 4) is 0 Å². The summed E-state index contributed by atoms with van der Waals surface area (Å²) in [6.07, 6.45) is 6.27. The molecule has 0 radical (unpaired) electrons. The van der Waals surface area contributed by atoms with Crippen molar-refractivity contribution < 1.29 is 9.90 Å². The van der Waals surface area contributed by atoms with E-state index in [0.29, 0.717) is 0 Å². The highest BCUT2D eigenvalue weighted by molar-refractivity contribution is 5.80. The van der Waals surface area contributed by atoms with Gasteiger partial charge in [-0.3, -0.25) is 0 Å². The first-order chi connectivity index (χ1) is 7.50. The van der Waals surface area contributed by atoms with Gasteiger partial charge < -0.3 is 5.11 Å². The molecule has 0 aliphatic heterocycles. The molecule has 1 rings (SSSR count). The number of allylic oxidation sites excluding steroid dienone is 2. The van der Waals surface area contributed by atoms with Gasteiger partial charge in [0.25, 0.3) is 0 Å². The van der Waals surface area contributed by atoms with Gasteiger partial charge in [0.15, 0.2) is 0 Å². The van der Waals surface area contributed by atoms with E-state index in [2.05, 4.69) is 32.9 Å². The summed E-state index contributed by atoms with van der Waals surface area (Å²) in [7, 11) is 0. The average molecular weight is 216 g/mol. The Kier molecular flexibility index (Phi) is 4.06. The Morgan fingerprint density at radius 2 is 1.69 bits per heavy atom. The molecule has 1 aromatic rings. The van der Waals surface area contributed by atoms with Gasteiger partial charge in [0, 0.05) is 6.08 Å². The van der Waals surface area contributed by atoms with Gasteiger partial charge in [-0.1, -0.05) is 30.4 Å². The fraction of sp³-hybridized carbons (Fsp3) is 0.214. The third-order valence-electron chi connectivity index (χ3n) is 2.59. The maximum atomic E-state index is 10.2. The van der Waals surface area contributed by atoms with Crippen molar-refractivity contribution >= 4 is 12.0 Å². The Hall–Kier alpha value is -1.83. The highest BCUT2D eigenvalue weighted by atomic mass is 16.4. The van der Waals surface area contributed by atoms with E-state index in [1.807, 2.05) is 6.08 Å². The zero-order chi connectivity index (χ0) is 12.1. The molecule has 16 heavy (non-hydrogen) atoms. The minimum Gasteiger partial charge on any atom is -0.478 e. The highest BCUT2D eigenvalue weighted by Crippen LogP contribution is 2.16. The molecule has 0 atom stereocenters. The highest BCUT2D eigenvalue weighted by Gasteiger charge is 1.97. The van der Waals surface area contributed by atoms with Crippen molar-refractivity contribution in [2.24, 2.45) is 0 Å². The molecule has 1 aromatic carbocycles. The normalized spacial score (nSPS) is 11.4. The number of carboxylic acids is 1. The molecule has 2 nitrogen and oxygen atoms in total. The Balaban J connectivity index is 2.86. The summed E-state index contributed by atoms with van der Waals surface area (Å²) in [6, 6.07) is 4.18. The number of carbonyl (C=O) groups is 1. The first kappa shape index (κ1) is 12.2. The van der Waals surface area contributed by atoms with E-state index in [1.165, 1.54) is 22.8 Å². The molecule has 0 unspecified atom stereocenters. The van der Waals surface area contributed by atoms with Crippen LogP contribution in [-0.2, 0) is 4.79 Å². The van der Waals surface area contributed by atoms with Crippen LogP contribution in [0, 0.1) is 20.8 Å². The lowest BCUT2D eigenvalue weighted by atomic mass is 10.0. The van der Waals surface area contributed by atoms with E-state index in [-0.39, 0.29) is 0 Å². The number of benzene rings is 1. The van der Waals surface area contributed by atoms with Crippen LogP contribution < -0.4 is 0 Å². The quantitative estimate of drug-likeness (QED) is 0.622. The summed E-state index contributed by atoms with van der Waals surface area (Å²) >= 11 is 0. The summed E-state index contributed by atoms with van der Waals surface area (Å²) < 4.78 is 0. The van der Waals surface area contributed by atoms with Crippen LogP contribution in [0.4, 0.5) is 0 Å². The van der Waals surface area contributed by atoms with Crippen LogP contribution in [0.1, 0.15) is 22.3 Å². The smallest absolute Gasteiger partial charge is 0.328 e. The standard InChI is InChI=1S/C14H16O2/c1-10-8-13(9-11(2)12(10)3)6-4-5-7-14(15)16/h4-9H,1-3H3,(H,15,16). The molecule has 1 N–H and O–H groups in total. The topological polar surface area (TPSA) is 37.3 Å². The van der Waals surface area contributed by atoms with Crippen LogP contribution in [0.2, 0.25) is 0 Å². The minimum absolute atomic E-state index is 0.930. The summed E-state index contributed by atoms with van der Waals surface area (Å²) in [4.78, 5) is 10.2. The summed E-state index contributed by atoms with van der Waals surface area (Å²) in [6.45, 7) is 6.25. The molecule has 2 heteroatoms. The number of rotatable bonds is 3. The van der Waals surface area contributed by atoms with Crippen molar-refractivity contribution in [2.45, 2.75) is 20.8 Å². The molecule has 0 saturated heterocycles. The van der Waals surface area contributed by atoms with Crippen molar-refractivity contribution in [1.82, 2.24) is 0 Å². The number of hydrogen-bond acceptors (Lipinski definition) is 1. The van der Waals surface area contributed by atoms with E-state index in [9.17, 15) is 4.79 Å². The molecule has 0 fully saturated rings. The molecule has 0 bridgehead atoms. The monoisotopic (exact) mass is 216 g/mol. The molecule has 0 aliphatic carbocycles. The molecule has 84 valence electrons. The van der Waals surface area contributed by atoms with Gasteiger partial charge >= 0.3 is 5.97 Å². The molecular formula is C14H16O2. The van der Waals surface area contributed by atoms with Crippen LogP contribution in [0.3, 0.4) is 0 Å². The molecule has 0 aliphatic rings. The zero-order valence-electron chi connectivity index (χ0n) is 9.82. The van der Waals surface area contributed by atoms with Gasteiger partial charge in [-0.05, 0) is 43.0 Å². The summed E-state index contributed by atoms with van der Waals surface area (Å²) in [5, 5.41) is 8.41. The first-order valence-electron chi connectivity index (χ1n) is 5.16. The van der Waals surface area contributed by atoms with Crippen LogP contribution in [-0.4, -0.2) is 11.1 Å². The van der Waals surface area contributed by atoms with Crippen LogP contribution in [0.5, 0.6) is 0 Å². The molecule has 0 aromatic heterocycles. The summed E-state index contributed by atoms with van der Waals surface area (Å²) in [5.41, 5.74) is 4.90. The predicted molar refractivity (Wildman–Crippen MR) is 66.5 cm³/mol. The summed E-state index contributed by atoms with van der Waals surface area (Å²) in [5.74, 6) is -0.930. The molecule has 0 saturated carbocycles. The maximum absolute atomic E-state index is 10.2. The lowest BCUT2D eigenvalue weighted by Gasteiger charge is -2.05. The second kappa shape index (κ2) is 5.31. The Labute approximate surface area is 95.9 Å². The van der Waals surface area contributed by atoms with E-state index in [1.54, 1.807) is 6.08 Å². The van der Waals surface area contributed by atoms with E-state index < -0.39 is 5.97 Å². The Morgan fingerprint density at radius 3 is 2.19 bits per heavy atom. The third-order valence-corrected chi connectivity index (χ3v) is 2.59. The number of hydrogen-bond donors (Lipinski definition) is 1. The average Bonchev–Trinajstić information content (AvgIpc) is 2.20. The van der Waals surface area contributed by atoms with Crippen LogP contribution >= 0.6 is 0 Å². The minimum atomic E-state index is -0.930. The Bertz CT molecular complexity index is 431. The maximum Gasteiger partial charge on any atom is 0.328 e. The van der Waals surface area contributed by atoms with E-state index in [4.69, 9.17) is 5.11 Å². The predicted octanol–water partition coefficient (Wildman–Crippen LogP) is 3.27. The van der Waals surface area contributed by atoms with Crippen molar-refractivity contribution in [3.63, 3.8) is 0 Å². The largest absolute Gasteiger partial charge is 0.478 e. The SMILES string of the molecule is Cc1cc(C=CC=CC(=O)O)cc(C)c1C. The lowest BCUT2D eigenvalue weighted by molar-refractivity contribution is -0.131. The molecule has 0 amide bonds. The fourth-order valence-corrected chi connectivity index (χ4v) is 1.47. The molecule has 0 spiro atoms. The van der Waals surface area contributed by atoms with Crippen molar-refractivity contribution in [2.75, 3.05) is 0 Å². The van der Waals surface area contributed by atoms with E-state index in [0.717, 1.165) is 11.6 Å². The van der Waals surface area contributed by atoms with Gasteiger partial charge in [-0.15, -0.1) is 0 Å². The second-order valence-corrected chi connectivity index (χ2v) is 3.84. The van der Waals surface area contributed by atoms with Crippen molar-refractivity contribution in [3.05, 3.63) is 52.6 Å². The van der Waals surface area contributed by atoms with Crippen LogP contribution in [0.15, 0.2) is 30.4 Å². The van der Waals surface area contributed by atoms with Gasteiger partial charge in [-0.25, -0.2) is 4.79 Å². The van der Waals surface area contributed by atoms with Crippen molar-refractivity contribution in [1.29, 1.82) is 0 Å². The number of aryl methyl sites for hydroxylation is 2. The van der Waals surface area contributed by atoms with E-state index >= 15 is 0 Å². The number of aliphatic carboxylic acids is 1. The van der Waals surface area contributed by atoms with Gasteiger partial charge in [-0.2, -0.15) is 0 Å². The number of carboxylic acid groups (broad SMARTS) is 1. The molecular weight excluding hydrogens is 200 g/mol. The van der Waals surface area contributed by atoms with Crippen LogP contribution in [0.25, 0.3) is 6.08 Å². The molecule has 0 heterocycles. The zero-order valence-corrected chi connectivity index (χ0v) is 9.82. The second-order valence-electron chi connectivity index (χ2n) is 3.84. The third kappa shape index (κ3) is 3.39. The van der Waals surface area contributed by atoms with Gasteiger partial charge in [0.1, 0.15) is 0 Å². The Morgan fingerprint density at radius 1 is 1.12 bits per heavy atom. The van der Waals surface area contributed by atoms with Gasteiger partial charge in [0.05, 0.1) is 0 Å².